The SMILES string of the molecule is CCNC(=NCC(c1cccs1)N(C)C)NCCc1ccc2c(c1)CCO2. The van der Waals surface area contributed by atoms with E-state index in [1.807, 2.05) is 0 Å². The topological polar surface area (TPSA) is 48.9 Å². The van der Waals surface area contributed by atoms with E-state index in [0.29, 0.717) is 6.04 Å². The van der Waals surface area contributed by atoms with Crippen molar-refractivity contribution in [2.24, 2.45) is 4.99 Å². The maximum Gasteiger partial charge on any atom is 0.191 e. The fourth-order valence-electron chi connectivity index (χ4n) is 3.23. The monoisotopic (exact) mass is 386 g/mol. The van der Waals surface area contributed by atoms with Gasteiger partial charge in [-0.15, -0.1) is 11.3 Å². The van der Waals surface area contributed by atoms with Gasteiger partial charge in [0.15, 0.2) is 5.96 Å². The molecule has 0 aliphatic carbocycles. The highest BCUT2D eigenvalue weighted by atomic mass is 32.1. The summed E-state index contributed by atoms with van der Waals surface area (Å²) in [7, 11) is 4.22. The third kappa shape index (κ3) is 5.47. The van der Waals surface area contributed by atoms with Gasteiger partial charge in [0.2, 0.25) is 0 Å². The van der Waals surface area contributed by atoms with Crippen molar-refractivity contribution in [3.05, 3.63) is 51.7 Å². The summed E-state index contributed by atoms with van der Waals surface area (Å²) in [5.41, 5.74) is 2.67. The molecule has 2 N–H and O–H groups in total. The van der Waals surface area contributed by atoms with Gasteiger partial charge < -0.3 is 20.3 Å². The summed E-state index contributed by atoms with van der Waals surface area (Å²) in [6, 6.07) is 11.1. The first kappa shape index (κ1) is 19.7. The van der Waals surface area contributed by atoms with Crippen LogP contribution in [0.5, 0.6) is 5.75 Å². The van der Waals surface area contributed by atoms with E-state index in [1.165, 1.54) is 16.0 Å². The molecule has 1 unspecified atom stereocenters. The van der Waals surface area contributed by atoms with Crippen LogP contribution in [0.2, 0.25) is 0 Å². The number of thiophene rings is 1. The molecule has 1 aliphatic heterocycles. The van der Waals surface area contributed by atoms with Crippen LogP contribution in [0.4, 0.5) is 0 Å². The summed E-state index contributed by atoms with van der Waals surface area (Å²) in [5.74, 6) is 1.93. The summed E-state index contributed by atoms with van der Waals surface area (Å²) < 4.78 is 5.58. The Balaban J connectivity index is 1.55. The van der Waals surface area contributed by atoms with E-state index in [2.05, 4.69) is 72.3 Å². The number of guanidine groups is 1. The Bertz CT molecular complexity index is 743. The summed E-state index contributed by atoms with van der Waals surface area (Å²) in [5, 5.41) is 8.95. The van der Waals surface area contributed by atoms with Crippen molar-refractivity contribution in [3.8, 4) is 5.75 Å². The van der Waals surface area contributed by atoms with Gasteiger partial charge in [0, 0.05) is 24.4 Å². The average Bonchev–Trinajstić information content (AvgIpc) is 3.33. The maximum atomic E-state index is 5.58. The molecule has 1 aromatic carbocycles. The molecular formula is C21H30N4OS. The van der Waals surface area contributed by atoms with Gasteiger partial charge in [0.1, 0.15) is 5.75 Å². The van der Waals surface area contributed by atoms with Crippen LogP contribution in [0.3, 0.4) is 0 Å². The highest BCUT2D eigenvalue weighted by Crippen LogP contribution is 2.26. The number of rotatable bonds is 8. The van der Waals surface area contributed by atoms with Crippen LogP contribution in [-0.4, -0.2) is 51.2 Å². The van der Waals surface area contributed by atoms with Crippen molar-refractivity contribution in [2.45, 2.75) is 25.8 Å². The first-order chi connectivity index (χ1) is 13.2. The largest absolute Gasteiger partial charge is 0.493 e. The quantitative estimate of drug-likeness (QED) is 0.541. The molecule has 0 spiro atoms. The summed E-state index contributed by atoms with van der Waals surface area (Å²) in [4.78, 5) is 8.39. The summed E-state index contributed by atoms with van der Waals surface area (Å²) >= 11 is 1.79. The molecule has 5 nitrogen and oxygen atoms in total. The molecule has 2 heterocycles. The number of nitrogens with one attached hydrogen (secondary N) is 2. The van der Waals surface area contributed by atoms with Crippen LogP contribution in [0.1, 0.15) is 29.0 Å². The van der Waals surface area contributed by atoms with Crippen molar-refractivity contribution in [1.82, 2.24) is 15.5 Å². The molecule has 3 rings (SSSR count). The van der Waals surface area contributed by atoms with Crippen LogP contribution in [0.25, 0.3) is 0 Å². The van der Waals surface area contributed by atoms with E-state index >= 15 is 0 Å². The second kappa shape index (κ2) is 9.76. The first-order valence-corrected chi connectivity index (χ1v) is 10.5. The Kier molecular flexibility index (Phi) is 7.12. The minimum Gasteiger partial charge on any atom is -0.493 e. The fraction of sp³-hybridized carbons (Fsp3) is 0.476. The van der Waals surface area contributed by atoms with E-state index in [0.717, 1.165) is 50.8 Å². The number of hydrogen-bond donors (Lipinski definition) is 2. The lowest BCUT2D eigenvalue weighted by Gasteiger charge is -2.22. The van der Waals surface area contributed by atoms with Crippen molar-refractivity contribution in [3.63, 3.8) is 0 Å². The molecule has 27 heavy (non-hydrogen) atoms. The van der Waals surface area contributed by atoms with Gasteiger partial charge in [-0.25, -0.2) is 0 Å². The molecular weight excluding hydrogens is 356 g/mol. The molecule has 146 valence electrons. The Morgan fingerprint density at radius 2 is 2.19 bits per heavy atom. The van der Waals surface area contributed by atoms with Gasteiger partial charge in [0.05, 0.1) is 19.2 Å². The molecule has 0 fully saturated rings. The van der Waals surface area contributed by atoms with Gasteiger partial charge in [-0.2, -0.15) is 0 Å². The summed E-state index contributed by atoms with van der Waals surface area (Å²) in [6.07, 6.45) is 2.00. The molecule has 6 heteroatoms. The van der Waals surface area contributed by atoms with Gasteiger partial charge in [-0.05, 0) is 56.1 Å². The zero-order chi connectivity index (χ0) is 19.1. The van der Waals surface area contributed by atoms with Crippen LogP contribution in [0, 0.1) is 0 Å². The molecule has 1 atom stereocenters. The predicted octanol–water partition coefficient (Wildman–Crippen LogP) is 3.08. The van der Waals surface area contributed by atoms with Crippen molar-refractivity contribution < 1.29 is 4.74 Å². The minimum absolute atomic E-state index is 0.303. The lowest BCUT2D eigenvalue weighted by molar-refractivity contribution is 0.310. The Hall–Kier alpha value is -2.05. The third-order valence-electron chi connectivity index (χ3n) is 4.72. The van der Waals surface area contributed by atoms with Gasteiger partial charge in [-0.3, -0.25) is 4.99 Å². The van der Waals surface area contributed by atoms with Crippen LogP contribution >= 0.6 is 11.3 Å². The number of ether oxygens (including phenoxy) is 1. The van der Waals surface area contributed by atoms with E-state index in [9.17, 15) is 0 Å². The summed E-state index contributed by atoms with van der Waals surface area (Å²) in [6.45, 7) is 5.36. The maximum absolute atomic E-state index is 5.58. The highest BCUT2D eigenvalue weighted by Gasteiger charge is 2.15. The second-order valence-corrected chi connectivity index (χ2v) is 7.91. The molecule has 0 saturated heterocycles. The number of nitrogens with zero attached hydrogens (tertiary/aromatic N) is 2. The second-order valence-electron chi connectivity index (χ2n) is 6.93. The zero-order valence-corrected chi connectivity index (χ0v) is 17.3. The Morgan fingerprint density at radius 1 is 1.30 bits per heavy atom. The van der Waals surface area contributed by atoms with Crippen LogP contribution in [-0.2, 0) is 12.8 Å². The molecule has 1 aliphatic rings. The minimum atomic E-state index is 0.303. The van der Waals surface area contributed by atoms with Crippen molar-refractivity contribution in [1.29, 1.82) is 0 Å². The number of likely N-dealkylation sites (N-methyl/N-ethyl adjacent to an activating group) is 1. The smallest absolute Gasteiger partial charge is 0.191 e. The molecule has 2 aromatic rings. The lowest BCUT2D eigenvalue weighted by Crippen LogP contribution is -2.39. The van der Waals surface area contributed by atoms with Crippen molar-refractivity contribution >= 4 is 17.3 Å². The molecule has 0 saturated carbocycles. The molecule has 0 bridgehead atoms. The van der Waals surface area contributed by atoms with E-state index < -0.39 is 0 Å². The van der Waals surface area contributed by atoms with Gasteiger partial charge in [0.25, 0.3) is 0 Å². The van der Waals surface area contributed by atoms with Crippen LogP contribution in [0.15, 0.2) is 40.7 Å². The fourth-order valence-corrected chi connectivity index (χ4v) is 4.14. The Morgan fingerprint density at radius 3 is 2.93 bits per heavy atom. The van der Waals surface area contributed by atoms with E-state index in [1.54, 1.807) is 11.3 Å². The number of fused-ring (bicyclic) bond motifs is 1. The van der Waals surface area contributed by atoms with Crippen LogP contribution < -0.4 is 15.4 Å². The standard InChI is InChI=1S/C21H30N4OS/c1-4-22-21(24-15-18(25(2)3)20-6-5-13-27-20)23-11-9-16-7-8-19-17(14-16)10-12-26-19/h5-8,13-14,18H,4,9-12,15H2,1-3H3,(H2,22,23,24). The number of aliphatic imine (C=N–C) groups is 1. The number of hydrogen-bond acceptors (Lipinski definition) is 4. The third-order valence-corrected chi connectivity index (χ3v) is 5.70. The van der Waals surface area contributed by atoms with E-state index in [4.69, 9.17) is 9.73 Å². The molecule has 0 amide bonds. The highest BCUT2D eigenvalue weighted by molar-refractivity contribution is 7.10. The average molecular weight is 387 g/mol. The lowest BCUT2D eigenvalue weighted by atomic mass is 10.1. The zero-order valence-electron chi connectivity index (χ0n) is 16.5. The normalized spacial score (nSPS) is 14.7. The van der Waals surface area contributed by atoms with E-state index in [-0.39, 0.29) is 0 Å². The predicted molar refractivity (Wildman–Crippen MR) is 114 cm³/mol. The first-order valence-electron chi connectivity index (χ1n) is 9.64. The molecule has 0 radical (unpaired) electrons. The van der Waals surface area contributed by atoms with Gasteiger partial charge >= 0.3 is 0 Å². The van der Waals surface area contributed by atoms with Gasteiger partial charge in [-0.1, -0.05) is 18.2 Å². The van der Waals surface area contributed by atoms with Crippen molar-refractivity contribution in [2.75, 3.05) is 40.3 Å². The number of benzene rings is 1. The molecule has 1 aromatic heterocycles. The Labute approximate surface area is 166 Å².